The summed E-state index contributed by atoms with van der Waals surface area (Å²) in [4.78, 5) is 13.7. The van der Waals surface area contributed by atoms with Gasteiger partial charge in [-0.05, 0) is 60.6 Å². The summed E-state index contributed by atoms with van der Waals surface area (Å²) in [7, 11) is 0. The quantitative estimate of drug-likeness (QED) is 0.327. The SMILES string of the molecule is CSc1ccc(CNCc2c(C(=O)O)n(Cc3ccccc3C)c3cc(C)ccc23)cc1. The van der Waals surface area contributed by atoms with E-state index in [-0.39, 0.29) is 0 Å². The van der Waals surface area contributed by atoms with Gasteiger partial charge in [0.2, 0.25) is 0 Å². The van der Waals surface area contributed by atoms with Crippen molar-refractivity contribution in [2.24, 2.45) is 0 Å². The first kappa shape index (κ1) is 22.2. The molecule has 0 saturated carbocycles. The number of nitrogens with one attached hydrogen (secondary N) is 1. The van der Waals surface area contributed by atoms with E-state index < -0.39 is 5.97 Å². The van der Waals surface area contributed by atoms with E-state index >= 15 is 0 Å². The van der Waals surface area contributed by atoms with Crippen LogP contribution in [0.2, 0.25) is 0 Å². The summed E-state index contributed by atoms with van der Waals surface area (Å²) in [6.07, 6.45) is 2.06. The van der Waals surface area contributed by atoms with Gasteiger partial charge >= 0.3 is 5.97 Å². The van der Waals surface area contributed by atoms with Gasteiger partial charge in [-0.3, -0.25) is 0 Å². The zero-order valence-corrected chi connectivity index (χ0v) is 19.5. The van der Waals surface area contributed by atoms with Gasteiger partial charge in [-0.2, -0.15) is 0 Å². The summed E-state index contributed by atoms with van der Waals surface area (Å²) in [5.74, 6) is -0.895. The molecule has 0 aliphatic carbocycles. The lowest BCUT2D eigenvalue weighted by molar-refractivity contribution is 0.0684. The maximum Gasteiger partial charge on any atom is 0.352 e. The number of aryl methyl sites for hydroxylation is 2. The molecule has 1 aromatic heterocycles. The van der Waals surface area contributed by atoms with Crippen molar-refractivity contribution in [1.29, 1.82) is 0 Å². The van der Waals surface area contributed by atoms with Crippen molar-refractivity contribution in [2.45, 2.75) is 38.4 Å². The van der Waals surface area contributed by atoms with Crippen molar-refractivity contribution >= 4 is 28.6 Å². The lowest BCUT2D eigenvalue weighted by Crippen LogP contribution is -2.17. The van der Waals surface area contributed by atoms with Crippen LogP contribution < -0.4 is 5.32 Å². The summed E-state index contributed by atoms with van der Waals surface area (Å²) >= 11 is 1.72. The second-order valence-electron chi connectivity index (χ2n) is 8.12. The molecule has 0 saturated heterocycles. The fourth-order valence-electron chi connectivity index (χ4n) is 4.15. The Bertz CT molecular complexity index is 1260. The average molecular weight is 445 g/mol. The Morgan fingerprint density at radius 2 is 1.75 bits per heavy atom. The van der Waals surface area contributed by atoms with E-state index in [1.807, 2.05) is 23.6 Å². The van der Waals surface area contributed by atoms with Gasteiger partial charge in [0.05, 0.1) is 0 Å². The van der Waals surface area contributed by atoms with Crippen molar-refractivity contribution in [1.82, 2.24) is 9.88 Å². The highest BCUT2D eigenvalue weighted by atomic mass is 32.2. The van der Waals surface area contributed by atoms with Crippen LogP contribution in [0.5, 0.6) is 0 Å². The van der Waals surface area contributed by atoms with Crippen LogP contribution in [0.1, 0.15) is 38.3 Å². The summed E-state index contributed by atoms with van der Waals surface area (Å²) in [5.41, 5.74) is 6.74. The van der Waals surface area contributed by atoms with Crippen molar-refractivity contribution in [3.05, 3.63) is 100 Å². The molecule has 4 aromatic rings. The minimum absolute atomic E-state index is 0.360. The molecule has 32 heavy (non-hydrogen) atoms. The Hall–Kier alpha value is -3.02. The largest absolute Gasteiger partial charge is 0.477 e. The Kier molecular flexibility index (Phi) is 6.68. The molecule has 0 atom stereocenters. The predicted octanol–water partition coefficient (Wildman–Crippen LogP) is 6.02. The van der Waals surface area contributed by atoms with Gasteiger partial charge in [-0.1, -0.05) is 48.5 Å². The number of nitrogens with zero attached hydrogens (tertiary/aromatic N) is 1. The molecule has 5 heteroatoms. The topological polar surface area (TPSA) is 54.3 Å². The van der Waals surface area contributed by atoms with E-state index in [9.17, 15) is 9.90 Å². The van der Waals surface area contributed by atoms with Gasteiger partial charge < -0.3 is 15.0 Å². The monoisotopic (exact) mass is 444 g/mol. The Morgan fingerprint density at radius 3 is 2.44 bits per heavy atom. The third kappa shape index (κ3) is 4.59. The number of carbonyl (C=O) groups is 1. The van der Waals surface area contributed by atoms with Gasteiger partial charge in [-0.25, -0.2) is 4.79 Å². The van der Waals surface area contributed by atoms with E-state index in [1.165, 1.54) is 10.5 Å². The normalized spacial score (nSPS) is 11.2. The Balaban J connectivity index is 1.70. The number of aromatic nitrogens is 1. The van der Waals surface area contributed by atoms with Crippen LogP contribution in [0, 0.1) is 13.8 Å². The molecule has 0 radical (unpaired) electrons. The standard InChI is InChI=1S/C27H28N2O2S/c1-18-8-13-23-24(16-28-15-20-9-11-22(32-3)12-10-20)26(27(30)31)29(25(23)14-18)17-21-7-5-4-6-19(21)2/h4-14,28H,15-17H2,1-3H3,(H,30,31). The molecule has 164 valence electrons. The van der Waals surface area contributed by atoms with Crippen molar-refractivity contribution < 1.29 is 9.90 Å². The number of hydrogen-bond donors (Lipinski definition) is 2. The van der Waals surface area contributed by atoms with E-state index in [2.05, 4.69) is 73.1 Å². The van der Waals surface area contributed by atoms with Crippen molar-refractivity contribution in [2.75, 3.05) is 6.26 Å². The predicted molar refractivity (Wildman–Crippen MR) is 133 cm³/mol. The third-order valence-electron chi connectivity index (χ3n) is 5.91. The molecule has 0 bridgehead atoms. The highest BCUT2D eigenvalue weighted by molar-refractivity contribution is 7.98. The smallest absolute Gasteiger partial charge is 0.352 e. The van der Waals surface area contributed by atoms with Crippen LogP contribution in [0.25, 0.3) is 10.9 Å². The lowest BCUT2D eigenvalue weighted by Gasteiger charge is -2.12. The number of carboxylic acids is 1. The molecule has 2 N–H and O–H groups in total. The highest BCUT2D eigenvalue weighted by Crippen LogP contribution is 2.29. The fraction of sp³-hybridized carbons (Fsp3) is 0.222. The number of carboxylic acid groups (broad SMARTS) is 1. The molecule has 1 heterocycles. The van der Waals surface area contributed by atoms with E-state index in [0.29, 0.717) is 25.3 Å². The Labute approximate surface area is 193 Å². The summed E-state index contributed by atoms with van der Waals surface area (Å²) in [6.45, 7) is 5.82. The van der Waals surface area contributed by atoms with E-state index in [1.54, 1.807) is 11.8 Å². The maximum atomic E-state index is 12.4. The highest BCUT2D eigenvalue weighted by Gasteiger charge is 2.22. The molecule has 4 rings (SSSR count). The molecule has 0 fully saturated rings. The van der Waals surface area contributed by atoms with Gasteiger partial charge in [0.25, 0.3) is 0 Å². The van der Waals surface area contributed by atoms with Crippen LogP contribution in [0.3, 0.4) is 0 Å². The summed E-state index contributed by atoms with van der Waals surface area (Å²) in [6, 6.07) is 22.8. The second-order valence-corrected chi connectivity index (χ2v) is 9.00. The van der Waals surface area contributed by atoms with E-state index in [0.717, 1.165) is 33.2 Å². The van der Waals surface area contributed by atoms with Crippen LogP contribution in [0.4, 0.5) is 0 Å². The zero-order valence-electron chi connectivity index (χ0n) is 18.7. The van der Waals surface area contributed by atoms with Crippen LogP contribution in [-0.4, -0.2) is 21.9 Å². The second kappa shape index (κ2) is 9.63. The average Bonchev–Trinajstić information content (AvgIpc) is 3.08. The van der Waals surface area contributed by atoms with E-state index in [4.69, 9.17) is 0 Å². The fourth-order valence-corrected chi connectivity index (χ4v) is 4.56. The number of rotatable bonds is 8. The first-order valence-electron chi connectivity index (χ1n) is 10.7. The lowest BCUT2D eigenvalue weighted by atomic mass is 10.1. The number of aromatic carboxylic acids is 1. The van der Waals surface area contributed by atoms with Gasteiger partial charge in [0, 0.05) is 41.0 Å². The van der Waals surface area contributed by atoms with Gasteiger partial charge in [0.1, 0.15) is 5.69 Å². The summed E-state index contributed by atoms with van der Waals surface area (Å²) < 4.78 is 1.96. The van der Waals surface area contributed by atoms with Crippen molar-refractivity contribution in [3.8, 4) is 0 Å². The molecule has 3 aromatic carbocycles. The molecular weight excluding hydrogens is 416 g/mol. The van der Waals surface area contributed by atoms with Crippen LogP contribution in [-0.2, 0) is 19.6 Å². The molecule has 0 spiro atoms. The zero-order chi connectivity index (χ0) is 22.7. The number of fused-ring (bicyclic) bond motifs is 1. The third-order valence-corrected chi connectivity index (χ3v) is 6.65. The summed E-state index contributed by atoms with van der Waals surface area (Å²) in [5, 5.41) is 14.6. The maximum absolute atomic E-state index is 12.4. The number of hydrogen-bond acceptors (Lipinski definition) is 3. The number of thioether (sulfide) groups is 1. The minimum atomic E-state index is -0.895. The molecule has 0 aliphatic heterocycles. The minimum Gasteiger partial charge on any atom is -0.477 e. The number of benzene rings is 3. The van der Waals surface area contributed by atoms with Crippen LogP contribution >= 0.6 is 11.8 Å². The Morgan fingerprint density at radius 1 is 1.00 bits per heavy atom. The molecule has 0 aliphatic rings. The van der Waals surface area contributed by atoms with Gasteiger partial charge in [-0.15, -0.1) is 11.8 Å². The first-order valence-corrected chi connectivity index (χ1v) is 11.9. The van der Waals surface area contributed by atoms with Crippen LogP contribution in [0.15, 0.2) is 71.6 Å². The van der Waals surface area contributed by atoms with Crippen molar-refractivity contribution in [3.63, 3.8) is 0 Å². The molecule has 0 amide bonds. The molecule has 0 unspecified atom stereocenters. The molecular formula is C27H28N2O2S. The molecule has 4 nitrogen and oxygen atoms in total. The van der Waals surface area contributed by atoms with Gasteiger partial charge in [0.15, 0.2) is 0 Å². The first-order chi connectivity index (χ1) is 15.5.